The lowest BCUT2D eigenvalue weighted by atomic mass is 9.76. The van der Waals surface area contributed by atoms with Crippen LogP contribution in [0.2, 0.25) is 0 Å². The van der Waals surface area contributed by atoms with Gasteiger partial charge in [-0.25, -0.2) is 0 Å². The molecule has 1 saturated heterocycles. The molecule has 0 bridgehead atoms. The SMILES string of the molecule is CCC(C)(CCCN1CCC(NC(=O)c2ccccc2-c2ccc(C(F)(F)F)cc2)CC1)c1ccccc1. The minimum Gasteiger partial charge on any atom is -0.349 e. The average Bonchev–Trinajstić information content (AvgIpc) is 2.94. The second-order valence-corrected chi connectivity index (χ2v) is 10.6. The van der Waals surface area contributed by atoms with Gasteiger partial charge in [-0.05, 0) is 79.0 Å². The molecule has 0 saturated carbocycles. The van der Waals surface area contributed by atoms with Crippen LogP contribution in [0.5, 0.6) is 0 Å². The first kappa shape index (κ1) is 27.9. The van der Waals surface area contributed by atoms with E-state index in [-0.39, 0.29) is 17.4 Å². The molecule has 1 atom stereocenters. The van der Waals surface area contributed by atoms with Crippen LogP contribution in [-0.4, -0.2) is 36.5 Å². The van der Waals surface area contributed by atoms with Gasteiger partial charge in [-0.2, -0.15) is 13.2 Å². The maximum Gasteiger partial charge on any atom is 0.416 e. The number of halogens is 3. The van der Waals surface area contributed by atoms with Gasteiger partial charge in [0.2, 0.25) is 0 Å². The van der Waals surface area contributed by atoms with E-state index in [1.165, 1.54) is 17.7 Å². The van der Waals surface area contributed by atoms with Crippen LogP contribution >= 0.6 is 0 Å². The summed E-state index contributed by atoms with van der Waals surface area (Å²) in [6, 6.07) is 22.9. The third-order valence-corrected chi connectivity index (χ3v) is 8.07. The number of nitrogens with one attached hydrogen (secondary N) is 1. The smallest absolute Gasteiger partial charge is 0.349 e. The second kappa shape index (κ2) is 12.2. The number of alkyl halides is 3. The Bertz CT molecular complexity index is 1190. The Morgan fingerprint density at radius 1 is 0.895 bits per heavy atom. The zero-order valence-corrected chi connectivity index (χ0v) is 22.2. The Hall–Kier alpha value is -3.12. The van der Waals surface area contributed by atoms with Crippen molar-refractivity contribution >= 4 is 5.91 Å². The van der Waals surface area contributed by atoms with Crippen molar-refractivity contribution < 1.29 is 18.0 Å². The molecule has 1 amide bonds. The van der Waals surface area contributed by atoms with Crippen LogP contribution in [0.3, 0.4) is 0 Å². The molecule has 1 unspecified atom stereocenters. The Morgan fingerprint density at radius 3 is 2.16 bits per heavy atom. The predicted molar refractivity (Wildman–Crippen MR) is 147 cm³/mol. The van der Waals surface area contributed by atoms with Gasteiger partial charge in [-0.15, -0.1) is 0 Å². The number of hydrogen-bond acceptors (Lipinski definition) is 2. The Kier molecular flexibility index (Phi) is 8.93. The largest absolute Gasteiger partial charge is 0.416 e. The van der Waals surface area contributed by atoms with Crippen molar-refractivity contribution in [3.05, 3.63) is 95.6 Å². The number of likely N-dealkylation sites (tertiary alicyclic amines) is 1. The van der Waals surface area contributed by atoms with Crippen molar-refractivity contribution in [2.75, 3.05) is 19.6 Å². The lowest BCUT2D eigenvalue weighted by Crippen LogP contribution is -2.45. The van der Waals surface area contributed by atoms with E-state index in [4.69, 9.17) is 0 Å². The molecular weight excluding hydrogens is 485 g/mol. The maximum absolute atomic E-state index is 13.2. The van der Waals surface area contributed by atoms with Gasteiger partial charge in [-0.1, -0.05) is 74.5 Å². The Morgan fingerprint density at radius 2 is 1.53 bits per heavy atom. The molecule has 1 aliphatic heterocycles. The monoisotopic (exact) mass is 522 g/mol. The van der Waals surface area contributed by atoms with Crippen LogP contribution in [0.4, 0.5) is 13.2 Å². The van der Waals surface area contributed by atoms with E-state index < -0.39 is 11.7 Å². The van der Waals surface area contributed by atoms with E-state index in [1.807, 2.05) is 0 Å². The van der Waals surface area contributed by atoms with E-state index in [1.54, 1.807) is 24.3 Å². The summed E-state index contributed by atoms with van der Waals surface area (Å²) in [5, 5.41) is 3.17. The first-order valence-electron chi connectivity index (χ1n) is 13.5. The molecule has 1 N–H and O–H groups in total. The summed E-state index contributed by atoms with van der Waals surface area (Å²) in [4.78, 5) is 15.6. The summed E-state index contributed by atoms with van der Waals surface area (Å²) in [5.74, 6) is -0.180. The molecular formula is C32H37F3N2O. The number of carbonyl (C=O) groups is 1. The fraction of sp³-hybridized carbons (Fsp3) is 0.406. The van der Waals surface area contributed by atoms with Crippen molar-refractivity contribution in [2.24, 2.45) is 0 Å². The van der Waals surface area contributed by atoms with Crippen LogP contribution in [0.25, 0.3) is 11.1 Å². The topological polar surface area (TPSA) is 32.3 Å². The highest BCUT2D eigenvalue weighted by molar-refractivity contribution is 6.01. The minimum atomic E-state index is -4.39. The molecule has 0 spiro atoms. The molecule has 1 aliphatic rings. The summed E-state index contributed by atoms with van der Waals surface area (Å²) < 4.78 is 38.9. The first-order valence-corrected chi connectivity index (χ1v) is 13.5. The number of rotatable bonds is 9. The number of hydrogen-bond donors (Lipinski definition) is 1. The molecule has 0 radical (unpaired) electrons. The molecule has 0 aromatic heterocycles. The second-order valence-electron chi connectivity index (χ2n) is 10.6. The summed E-state index contributed by atoms with van der Waals surface area (Å²) >= 11 is 0. The Labute approximate surface area is 224 Å². The predicted octanol–water partition coefficient (Wildman–Crippen LogP) is 7.71. The summed E-state index contributed by atoms with van der Waals surface area (Å²) in [6.45, 7) is 7.56. The summed E-state index contributed by atoms with van der Waals surface area (Å²) in [6.07, 6.45) is 0.776. The summed E-state index contributed by atoms with van der Waals surface area (Å²) in [7, 11) is 0. The third-order valence-electron chi connectivity index (χ3n) is 8.07. The van der Waals surface area contributed by atoms with Crippen LogP contribution in [0.1, 0.15) is 67.4 Å². The van der Waals surface area contributed by atoms with Crippen molar-refractivity contribution in [1.29, 1.82) is 0 Å². The fourth-order valence-electron chi connectivity index (χ4n) is 5.39. The Balaban J connectivity index is 1.29. The van der Waals surface area contributed by atoms with Crippen molar-refractivity contribution in [1.82, 2.24) is 10.2 Å². The number of nitrogens with zero attached hydrogens (tertiary/aromatic N) is 1. The number of piperidine rings is 1. The van der Waals surface area contributed by atoms with Gasteiger partial charge in [0, 0.05) is 24.7 Å². The highest BCUT2D eigenvalue weighted by Gasteiger charge is 2.30. The van der Waals surface area contributed by atoms with Gasteiger partial charge in [0.25, 0.3) is 5.91 Å². The van der Waals surface area contributed by atoms with Crippen molar-refractivity contribution in [3.8, 4) is 11.1 Å². The van der Waals surface area contributed by atoms with E-state index in [0.29, 0.717) is 16.7 Å². The van der Waals surface area contributed by atoms with Gasteiger partial charge in [0.1, 0.15) is 0 Å². The third kappa shape index (κ3) is 6.84. The number of carbonyl (C=O) groups excluding carboxylic acids is 1. The molecule has 1 heterocycles. The van der Waals surface area contributed by atoms with Gasteiger partial charge in [-0.3, -0.25) is 4.79 Å². The van der Waals surface area contributed by atoms with E-state index in [9.17, 15) is 18.0 Å². The van der Waals surface area contributed by atoms with Crippen molar-refractivity contribution in [2.45, 2.75) is 63.6 Å². The van der Waals surface area contributed by atoms with Crippen molar-refractivity contribution in [3.63, 3.8) is 0 Å². The zero-order valence-electron chi connectivity index (χ0n) is 22.2. The molecule has 0 aliphatic carbocycles. The van der Waals surface area contributed by atoms with Crippen LogP contribution in [-0.2, 0) is 11.6 Å². The number of amides is 1. The fourth-order valence-corrected chi connectivity index (χ4v) is 5.39. The number of benzene rings is 3. The van der Waals surface area contributed by atoms with Gasteiger partial charge in [0.15, 0.2) is 0 Å². The van der Waals surface area contributed by atoms with Gasteiger partial charge in [0.05, 0.1) is 5.56 Å². The lowest BCUT2D eigenvalue weighted by Gasteiger charge is -2.34. The van der Waals surface area contributed by atoms with E-state index in [2.05, 4.69) is 54.4 Å². The summed E-state index contributed by atoms with van der Waals surface area (Å²) in [5.41, 5.74) is 2.60. The highest BCUT2D eigenvalue weighted by atomic mass is 19.4. The average molecular weight is 523 g/mol. The lowest BCUT2D eigenvalue weighted by molar-refractivity contribution is -0.137. The molecule has 1 fully saturated rings. The minimum absolute atomic E-state index is 0.0876. The highest BCUT2D eigenvalue weighted by Crippen LogP contribution is 2.33. The van der Waals surface area contributed by atoms with Crippen LogP contribution in [0.15, 0.2) is 78.9 Å². The molecule has 3 nitrogen and oxygen atoms in total. The van der Waals surface area contributed by atoms with E-state index >= 15 is 0 Å². The quantitative estimate of drug-likeness (QED) is 0.312. The first-order chi connectivity index (χ1) is 18.2. The molecule has 3 aromatic rings. The van der Waals surface area contributed by atoms with Gasteiger partial charge >= 0.3 is 6.18 Å². The molecule has 4 rings (SSSR count). The molecule has 38 heavy (non-hydrogen) atoms. The zero-order chi connectivity index (χ0) is 27.2. The van der Waals surface area contributed by atoms with E-state index in [0.717, 1.165) is 63.9 Å². The normalized spacial score (nSPS) is 16.7. The molecule has 3 aromatic carbocycles. The van der Waals surface area contributed by atoms with Crippen LogP contribution < -0.4 is 5.32 Å². The standard InChI is InChI=1S/C32H37F3N2O/c1-3-31(2,25-10-5-4-6-11-25)20-9-21-37-22-18-27(19-23-37)36-30(38)29-13-8-7-12-28(29)24-14-16-26(17-15-24)32(33,34)35/h4-8,10-17,27H,3,9,18-23H2,1-2H3,(H,36,38). The van der Waals surface area contributed by atoms with Gasteiger partial charge < -0.3 is 10.2 Å². The van der Waals surface area contributed by atoms with Crippen LogP contribution in [0, 0.1) is 0 Å². The maximum atomic E-state index is 13.2. The molecule has 6 heteroatoms. The molecule has 202 valence electrons.